The highest BCUT2D eigenvalue weighted by molar-refractivity contribution is 7.80. The Kier molecular flexibility index (Phi) is 5.01. The molecule has 18 heavy (non-hydrogen) atoms. The van der Waals surface area contributed by atoms with Crippen LogP contribution < -0.4 is 5.32 Å². The van der Waals surface area contributed by atoms with Crippen molar-refractivity contribution in [3.63, 3.8) is 0 Å². The number of nitrogens with one attached hydrogen (secondary N) is 1. The number of carbonyl (C=O) groups excluding carboxylic acids is 1. The third-order valence-corrected chi connectivity index (χ3v) is 2.47. The molecule has 100 valence electrons. The molecule has 0 atom stereocenters. The molecule has 1 rings (SSSR count). The summed E-state index contributed by atoms with van der Waals surface area (Å²) in [4.78, 5) is 11.5. The van der Waals surface area contributed by atoms with E-state index in [9.17, 15) is 22.4 Å². The van der Waals surface area contributed by atoms with Gasteiger partial charge in [-0.2, -0.15) is 13.2 Å². The lowest BCUT2D eigenvalue weighted by Crippen LogP contribution is -2.25. The number of hydrogen-bond acceptors (Lipinski definition) is 2. The van der Waals surface area contributed by atoms with Crippen LogP contribution in [0.5, 0.6) is 0 Å². The maximum absolute atomic E-state index is 12.9. The molecule has 0 unspecified atom stereocenters. The Morgan fingerprint density at radius 1 is 1.33 bits per heavy atom. The monoisotopic (exact) mass is 281 g/mol. The van der Waals surface area contributed by atoms with Crippen molar-refractivity contribution in [2.24, 2.45) is 0 Å². The minimum Gasteiger partial charge on any atom is -0.352 e. The second-order valence-electron chi connectivity index (χ2n) is 3.64. The molecule has 1 aromatic carbocycles. The molecule has 7 heteroatoms. The zero-order valence-electron chi connectivity index (χ0n) is 9.22. The van der Waals surface area contributed by atoms with Crippen LogP contribution in [-0.4, -0.2) is 18.6 Å². The fraction of sp³-hybridized carbons (Fsp3) is 0.364. The van der Waals surface area contributed by atoms with Crippen LogP contribution >= 0.6 is 12.6 Å². The Morgan fingerprint density at radius 3 is 2.56 bits per heavy atom. The summed E-state index contributed by atoms with van der Waals surface area (Å²) in [6.45, 7) is -0.0857. The van der Waals surface area contributed by atoms with Crippen molar-refractivity contribution in [3.05, 3.63) is 29.6 Å². The van der Waals surface area contributed by atoms with E-state index in [1.165, 1.54) is 12.1 Å². The van der Waals surface area contributed by atoms with Crippen molar-refractivity contribution in [1.29, 1.82) is 0 Å². The zero-order chi connectivity index (χ0) is 13.8. The highest BCUT2D eigenvalue weighted by Gasteiger charge is 2.26. The lowest BCUT2D eigenvalue weighted by atomic mass is 10.2. The minimum atomic E-state index is -4.22. The molecule has 0 radical (unpaired) electrons. The van der Waals surface area contributed by atoms with Crippen LogP contribution in [0.3, 0.4) is 0 Å². The summed E-state index contributed by atoms with van der Waals surface area (Å²) in [5.41, 5.74) is 0.161. The molecule has 1 amide bonds. The molecule has 0 spiro atoms. The molecule has 0 aromatic heterocycles. The highest BCUT2D eigenvalue weighted by Crippen LogP contribution is 2.20. The fourth-order valence-electron chi connectivity index (χ4n) is 1.25. The molecule has 0 saturated carbocycles. The molecule has 0 aliphatic carbocycles. The van der Waals surface area contributed by atoms with Gasteiger partial charge in [0.05, 0.1) is 0 Å². The second-order valence-corrected chi connectivity index (χ2v) is 4.12. The Morgan fingerprint density at radius 2 is 2.00 bits per heavy atom. The van der Waals surface area contributed by atoms with Gasteiger partial charge in [-0.3, -0.25) is 4.79 Å². The third-order valence-electron chi connectivity index (χ3n) is 2.13. The van der Waals surface area contributed by atoms with Gasteiger partial charge in [-0.25, -0.2) is 4.39 Å². The van der Waals surface area contributed by atoms with Crippen LogP contribution in [0.25, 0.3) is 0 Å². The number of halogens is 4. The Bertz CT molecular complexity index is 434. The number of amides is 1. The lowest BCUT2D eigenvalue weighted by Gasteiger charge is -2.08. The van der Waals surface area contributed by atoms with Crippen molar-refractivity contribution >= 4 is 18.5 Å². The summed E-state index contributed by atoms with van der Waals surface area (Å²) < 4.78 is 48.4. The number of thiol groups is 1. The quantitative estimate of drug-likeness (QED) is 0.495. The maximum atomic E-state index is 12.9. The summed E-state index contributed by atoms with van der Waals surface area (Å²) >= 11 is 3.81. The van der Waals surface area contributed by atoms with Gasteiger partial charge in [0.15, 0.2) is 0 Å². The average Bonchev–Trinajstić information content (AvgIpc) is 2.26. The van der Waals surface area contributed by atoms with Gasteiger partial charge in [0.25, 0.3) is 5.91 Å². The summed E-state index contributed by atoms with van der Waals surface area (Å²) in [6.07, 6.45) is -5.36. The SMILES string of the molecule is O=C(NCCCC(F)(F)F)c1ccc(F)c(S)c1. The third kappa shape index (κ3) is 4.95. The van der Waals surface area contributed by atoms with E-state index in [0.29, 0.717) is 0 Å². The molecule has 2 nitrogen and oxygen atoms in total. The molecular weight excluding hydrogens is 270 g/mol. The second kappa shape index (κ2) is 6.08. The van der Waals surface area contributed by atoms with E-state index in [1.54, 1.807) is 0 Å². The van der Waals surface area contributed by atoms with Crippen LogP contribution in [0, 0.1) is 5.82 Å². The summed E-state index contributed by atoms with van der Waals surface area (Å²) in [7, 11) is 0. The minimum absolute atomic E-state index is 0.0120. The van der Waals surface area contributed by atoms with Gasteiger partial charge >= 0.3 is 6.18 Å². The summed E-state index contributed by atoms with van der Waals surface area (Å²) in [5, 5.41) is 2.32. The first-order chi connectivity index (χ1) is 8.29. The summed E-state index contributed by atoms with van der Waals surface area (Å²) in [6, 6.07) is 3.54. The van der Waals surface area contributed by atoms with Crippen LogP contribution in [0.15, 0.2) is 23.1 Å². The fourth-order valence-corrected chi connectivity index (χ4v) is 1.46. The van der Waals surface area contributed by atoms with Gasteiger partial charge < -0.3 is 5.32 Å². The van der Waals surface area contributed by atoms with E-state index >= 15 is 0 Å². The van der Waals surface area contributed by atoms with Crippen molar-refractivity contribution in [2.45, 2.75) is 23.9 Å². The van der Waals surface area contributed by atoms with Crippen molar-refractivity contribution < 1.29 is 22.4 Å². The van der Waals surface area contributed by atoms with E-state index in [0.717, 1.165) is 6.07 Å². The molecule has 1 aromatic rings. The zero-order valence-corrected chi connectivity index (χ0v) is 10.1. The van der Waals surface area contributed by atoms with Crippen LogP contribution in [-0.2, 0) is 0 Å². The smallest absolute Gasteiger partial charge is 0.352 e. The average molecular weight is 281 g/mol. The Balaban J connectivity index is 2.43. The number of hydrogen-bond donors (Lipinski definition) is 2. The van der Waals surface area contributed by atoms with E-state index in [4.69, 9.17) is 0 Å². The molecule has 1 N–H and O–H groups in total. The van der Waals surface area contributed by atoms with Crippen LogP contribution in [0.1, 0.15) is 23.2 Å². The lowest BCUT2D eigenvalue weighted by molar-refractivity contribution is -0.135. The Labute approximate surface area is 107 Å². The number of alkyl halides is 3. The van der Waals surface area contributed by atoms with Gasteiger partial charge in [-0.05, 0) is 24.6 Å². The first-order valence-electron chi connectivity index (χ1n) is 5.13. The Hall–Kier alpha value is -1.24. The standard InChI is InChI=1S/C11H11F4NOS/c12-8-3-2-7(6-9(8)18)10(17)16-5-1-4-11(13,14)15/h2-3,6,18H,1,4-5H2,(H,16,17). The molecule has 0 saturated heterocycles. The maximum Gasteiger partial charge on any atom is 0.389 e. The normalized spacial score (nSPS) is 11.4. The van der Waals surface area contributed by atoms with Gasteiger partial charge in [-0.15, -0.1) is 12.6 Å². The van der Waals surface area contributed by atoms with E-state index in [1.807, 2.05) is 0 Å². The molecule has 0 bridgehead atoms. The van der Waals surface area contributed by atoms with Gasteiger partial charge in [0, 0.05) is 23.4 Å². The predicted octanol–water partition coefficient (Wildman–Crippen LogP) is 3.19. The predicted molar refractivity (Wildman–Crippen MR) is 61.3 cm³/mol. The van der Waals surface area contributed by atoms with E-state index in [2.05, 4.69) is 17.9 Å². The molecule has 0 heterocycles. The van der Waals surface area contributed by atoms with Crippen molar-refractivity contribution in [1.82, 2.24) is 5.32 Å². The number of benzene rings is 1. The highest BCUT2D eigenvalue weighted by atomic mass is 32.1. The van der Waals surface area contributed by atoms with E-state index in [-0.39, 0.29) is 23.4 Å². The van der Waals surface area contributed by atoms with Crippen molar-refractivity contribution in [2.75, 3.05) is 6.54 Å². The summed E-state index contributed by atoms with van der Waals surface area (Å²) in [5.74, 6) is -1.11. The van der Waals surface area contributed by atoms with Crippen molar-refractivity contribution in [3.8, 4) is 0 Å². The number of rotatable bonds is 4. The molecular formula is C11H11F4NOS. The molecule has 0 fully saturated rings. The van der Waals surface area contributed by atoms with Crippen LogP contribution in [0.2, 0.25) is 0 Å². The van der Waals surface area contributed by atoms with Gasteiger partial charge in [-0.1, -0.05) is 0 Å². The van der Waals surface area contributed by atoms with Crippen LogP contribution in [0.4, 0.5) is 17.6 Å². The van der Waals surface area contributed by atoms with Gasteiger partial charge in [0.1, 0.15) is 5.82 Å². The first kappa shape index (κ1) is 14.8. The van der Waals surface area contributed by atoms with E-state index < -0.39 is 24.3 Å². The molecule has 0 aliphatic rings. The topological polar surface area (TPSA) is 29.1 Å². The largest absolute Gasteiger partial charge is 0.389 e. The number of carbonyl (C=O) groups is 1. The first-order valence-corrected chi connectivity index (χ1v) is 5.58. The van der Waals surface area contributed by atoms with Gasteiger partial charge in [0.2, 0.25) is 0 Å². The molecule has 0 aliphatic heterocycles.